The van der Waals surface area contributed by atoms with Gasteiger partial charge in [-0.25, -0.2) is 4.39 Å². The van der Waals surface area contributed by atoms with Gasteiger partial charge in [-0.1, -0.05) is 18.1 Å². The fraction of sp³-hybridized carbons (Fsp3) is 0.320. The van der Waals surface area contributed by atoms with Crippen LogP contribution in [0.4, 0.5) is 23.2 Å². The number of terminal acetylenes is 1. The first kappa shape index (κ1) is 24.3. The highest BCUT2D eigenvalue weighted by molar-refractivity contribution is 6.11. The average molecular weight is 487 g/mol. The van der Waals surface area contributed by atoms with E-state index in [9.17, 15) is 31.9 Å². The number of benzene rings is 2. The Balaban J connectivity index is 1.72. The Morgan fingerprint density at radius 3 is 2.26 bits per heavy atom. The van der Waals surface area contributed by atoms with Crippen LogP contribution in [0, 0.1) is 18.2 Å². The smallest absolute Gasteiger partial charge is 0.337 e. The maximum Gasteiger partial charge on any atom is 0.416 e. The maximum atomic E-state index is 14.8. The summed E-state index contributed by atoms with van der Waals surface area (Å²) < 4.78 is 53.7. The minimum absolute atomic E-state index is 0.113. The SMILES string of the molecule is C#Cc1ccc(N2CC(=O)N([C@H](C)c3ccc(C(F)(F)F)cc3)C3(CN(C(C)=O)C3)C2=O)c(F)c1. The lowest BCUT2D eigenvalue weighted by Crippen LogP contribution is -2.81. The van der Waals surface area contributed by atoms with E-state index < -0.39 is 47.5 Å². The zero-order valence-electron chi connectivity index (χ0n) is 18.9. The van der Waals surface area contributed by atoms with E-state index in [-0.39, 0.29) is 30.2 Å². The molecule has 2 aromatic carbocycles. The van der Waals surface area contributed by atoms with Crippen LogP contribution in [0.5, 0.6) is 0 Å². The van der Waals surface area contributed by atoms with Gasteiger partial charge in [0.2, 0.25) is 11.8 Å². The highest BCUT2D eigenvalue weighted by atomic mass is 19.4. The van der Waals surface area contributed by atoms with Gasteiger partial charge in [0, 0.05) is 12.5 Å². The van der Waals surface area contributed by atoms with Crippen molar-refractivity contribution < 1.29 is 31.9 Å². The molecule has 1 spiro atoms. The zero-order chi connectivity index (χ0) is 25.7. The molecule has 2 saturated heterocycles. The Kier molecular flexibility index (Phi) is 5.83. The fourth-order valence-electron chi connectivity index (χ4n) is 4.67. The average Bonchev–Trinajstić information content (AvgIpc) is 2.77. The number of anilines is 1. The number of piperazine rings is 1. The van der Waals surface area contributed by atoms with Crippen LogP contribution in [0.15, 0.2) is 42.5 Å². The number of carbonyl (C=O) groups is 3. The molecule has 0 bridgehead atoms. The summed E-state index contributed by atoms with van der Waals surface area (Å²) in [5, 5.41) is 0. The molecule has 2 aliphatic heterocycles. The van der Waals surface area contributed by atoms with Gasteiger partial charge in [0.15, 0.2) is 5.54 Å². The molecule has 2 aromatic rings. The molecule has 35 heavy (non-hydrogen) atoms. The van der Waals surface area contributed by atoms with Crippen LogP contribution >= 0.6 is 0 Å². The second-order valence-corrected chi connectivity index (χ2v) is 8.67. The number of likely N-dealkylation sites (tertiary alicyclic amines) is 1. The molecule has 2 fully saturated rings. The highest BCUT2D eigenvalue weighted by Crippen LogP contribution is 2.41. The first-order valence-electron chi connectivity index (χ1n) is 10.7. The van der Waals surface area contributed by atoms with Crippen LogP contribution in [0.2, 0.25) is 0 Å². The van der Waals surface area contributed by atoms with Gasteiger partial charge in [-0.3, -0.25) is 19.3 Å². The van der Waals surface area contributed by atoms with E-state index in [1.807, 2.05) is 0 Å². The van der Waals surface area contributed by atoms with Gasteiger partial charge in [0.1, 0.15) is 12.4 Å². The second kappa shape index (κ2) is 8.41. The van der Waals surface area contributed by atoms with Gasteiger partial charge in [-0.2, -0.15) is 13.2 Å². The third kappa shape index (κ3) is 4.01. The Hall–Kier alpha value is -3.87. The van der Waals surface area contributed by atoms with Gasteiger partial charge in [0.25, 0.3) is 5.91 Å². The van der Waals surface area contributed by atoms with Crippen LogP contribution in [0.1, 0.15) is 36.6 Å². The molecule has 2 aliphatic rings. The number of amides is 3. The quantitative estimate of drug-likeness (QED) is 0.493. The summed E-state index contributed by atoms with van der Waals surface area (Å²) in [5.74, 6) is 0.105. The topological polar surface area (TPSA) is 60.9 Å². The summed E-state index contributed by atoms with van der Waals surface area (Å²) >= 11 is 0. The largest absolute Gasteiger partial charge is 0.416 e. The van der Waals surface area contributed by atoms with E-state index in [0.717, 1.165) is 23.1 Å². The third-order valence-corrected chi connectivity index (χ3v) is 6.53. The first-order chi connectivity index (χ1) is 16.4. The summed E-state index contributed by atoms with van der Waals surface area (Å²) in [7, 11) is 0. The predicted molar refractivity (Wildman–Crippen MR) is 118 cm³/mol. The van der Waals surface area contributed by atoms with Gasteiger partial charge >= 0.3 is 6.18 Å². The van der Waals surface area contributed by atoms with E-state index in [0.29, 0.717) is 5.56 Å². The molecule has 0 aliphatic carbocycles. The molecule has 0 aromatic heterocycles. The Bertz CT molecular complexity index is 1240. The van der Waals surface area contributed by atoms with Crippen molar-refractivity contribution >= 4 is 23.4 Å². The molecular weight excluding hydrogens is 466 g/mol. The summed E-state index contributed by atoms with van der Waals surface area (Å²) in [6.07, 6.45) is 0.778. The van der Waals surface area contributed by atoms with E-state index in [2.05, 4.69) is 5.92 Å². The number of alkyl halides is 3. The van der Waals surface area contributed by atoms with Crippen molar-refractivity contribution in [1.82, 2.24) is 9.80 Å². The standard InChI is InChI=1S/C25H21F4N3O3/c1-4-17-5-10-21(20(26)11-17)31-12-22(34)32(24(23(31)35)13-30(14-24)16(3)33)15(2)18-6-8-19(9-7-18)25(27,28)29/h1,5-11,15H,12-14H2,2-3H3/t15-/m1/s1. The minimum Gasteiger partial charge on any atom is -0.337 e. The van der Waals surface area contributed by atoms with Crippen LogP contribution < -0.4 is 4.90 Å². The Labute approximate surface area is 199 Å². The summed E-state index contributed by atoms with van der Waals surface area (Å²) in [6.45, 7) is 2.22. The van der Waals surface area contributed by atoms with Gasteiger partial charge in [-0.05, 0) is 42.8 Å². The van der Waals surface area contributed by atoms with Crippen molar-refractivity contribution in [2.75, 3.05) is 24.5 Å². The molecule has 10 heteroatoms. The number of nitrogens with zero attached hydrogens (tertiary/aromatic N) is 3. The molecule has 2 heterocycles. The van der Waals surface area contributed by atoms with E-state index in [4.69, 9.17) is 6.42 Å². The maximum absolute atomic E-state index is 14.8. The molecule has 0 radical (unpaired) electrons. The van der Waals surface area contributed by atoms with Crippen LogP contribution in [0.3, 0.4) is 0 Å². The van der Waals surface area contributed by atoms with E-state index >= 15 is 0 Å². The van der Waals surface area contributed by atoms with Crippen molar-refractivity contribution in [2.24, 2.45) is 0 Å². The number of hydrogen-bond acceptors (Lipinski definition) is 3. The lowest BCUT2D eigenvalue weighted by molar-refractivity contribution is -0.172. The van der Waals surface area contributed by atoms with Gasteiger partial charge < -0.3 is 9.80 Å². The molecule has 1 atom stereocenters. The summed E-state index contributed by atoms with van der Waals surface area (Å²) in [6, 6.07) is 7.40. The normalized spacial score (nSPS) is 18.4. The minimum atomic E-state index is -4.52. The Morgan fingerprint density at radius 1 is 1.11 bits per heavy atom. The lowest BCUT2D eigenvalue weighted by Gasteiger charge is -2.59. The second-order valence-electron chi connectivity index (χ2n) is 8.67. The van der Waals surface area contributed by atoms with E-state index in [1.54, 1.807) is 6.92 Å². The number of rotatable bonds is 3. The molecule has 0 N–H and O–H groups in total. The molecule has 0 saturated carbocycles. The van der Waals surface area contributed by atoms with Gasteiger partial charge in [0.05, 0.1) is 30.4 Å². The molecule has 6 nitrogen and oxygen atoms in total. The van der Waals surface area contributed by atoms with Crippen molar-refractivity contribution in [1.29, 1.82) is 0 Å². The fourth-order valence-corrected chi connectivity index (χ4v) is 4.67. The summed E-state index contributed by atoms with van der Waals surface area (Å²) in [5.41, 5.74) is -1.80. The van der Waals surface area contributed by atoms with Crippen molar-refractivity contribution in [3.05, 3.63) is 65.0 Å². The first-order valence-corrected chi connectivity index (χ1v) is 10.7. The number of hydrogen-bond donors (Lipinski definition) is 0. The van der Waals surface area contributed by atoms with Crippen LogP contribution in [0.25, 0.3) is 0 Å². The number of halogens is 4. The number of carbonyl (C=O) groups excluding carboxylic acids is 3. The molecule has 0 unspecified atom stereocenters. The van der Waals surface area contributed by atoms with E-state index in [1.165, 1.54) is 41.0 Å². The predicted octanol–water partition coefficient (Wildman–Crippen LogP) is 3.36. The van der Waals surface area contributed by atoms with Crippen molar-refractivity contribution in [3.63, 3.8) is 0 Å². The molecule has 4 rings (SSSR count). The van der Waals surface area contributed by atoms with Gasteiger partial charge in [-0.15, -0.1) is 6.42 Å². The Morgan fingerprint density at radius 2 is 1.74 bits per heavy atom. The van der Waals surface area contributed by atoms with Crippen LogP contribution in [-0.2, 0) is 20.6 Å². The van der Waals surface area contributed by atoms with Crippen molar-refractivity contribution in [2.45, 2.75) is 31.6 Å². The zero-order valence-corrected chi connectivity index (χ0v) is 18.9. The van der Waals surface area contributed by atoms with Crippen LogP contribution in [-0.4, -0.2) is 52.7 Å². The monoisotopic (exact) mass is 487 g/mol. The highest BCUT2D eigenvalue weighted by Gasteiger charge is 2.61. The van der Waals surface area contributed by atoms with Crippen molar-refractivity contribution in [3.8, 4) is 12.3 Å². The third-order valence-electron chi connectivity index (χ3n) is 6.53. The lowest BCUT2D eigenvalue weighted by atomic mass is 9.81. The molecule has 3 amide bonds. The molecule has 182 valence electrons. The molecular formula is C25H21F4N3O3. The summed E-state index contributed by atoms with van der Waals surface area (Å²) in [4.78, 5) is 42.7.